The fourth-order valence-corrected chi connectivity index (χ4v) is 5.56. The van der Waals surface area contributed by atoms with E-state index >= 15 is 0 Å². The number of hydrogen-bond acceptors (Lipinski definition) is 2. The van der Waals surface area contributed by atoms with Gasteiger partial charge in [0.1, 0.15) is 0 Å². The zero-order valence-corrected chi connectivity index (χ0v) is 11.1. The molecule has 0 saturated heterocycles. The van der Waals surface area contributed by atoms with Crippen LogP contribution in [0, 0.1) is 29.1 Å². The summed E-state index contributed by atoms with van der Waals surface area (Å²) in [6.45, 7) is 2.82. The van der Waals surface area contributed by atoms with E-state index in [0.29, 0.717) is 12.5 Å². The van der Waals surface area contributed by atoms with Crippen LogP contribution in [-0.2, 0) is 0 Å². The van der Waals surface area contributed by atoms with Gasteiger partial charge in [-0.2, -0.15) is 0 Å². The second kappa shape index (κ2) is 4.24. The van der Waals surface area contributed by atoms with Crippen LogP contribution in [0.15, 0.2) is 0 Å². The minimum absolute atomic E-state index is 0.133. The Bertz CT molecular complexity index is 249. The molecule has 0 aromatic heterocycles. The highest BCUT2D eigenvalue weighted by Crippen LogP contribution is 2.62. The molecule has 2 atom stereocenters. The first-order chi connectivity index (χ1) is 8.16. The lowest BCUT2D eigenvalue weighted by molar-refractivity contribution is -0.137. The standard InChI is InChI=1S/C15H27NO/c1-2-13(9-16)14(17)15-6-10-3-11(7-15)5-12(4-10)8-15/h10-14,17H,2-9,16H2,1H3. The minimum atomic E-state index is -0.133. The molecule has 98 valence electrons. The summed E-state index contributed by atoms with van der Waals surface area (Å²) >= 11 is 0. The Hall–Kier alpha value is -0.0800. The topological polar surface area (TPSA) is 46.2 Å². The molecule has 2 nitrogen and oxygen atoms in total. The number of nitrogens with two attached hydrogens (primary N) is 1. The van der Waals surface area contributed by atoms with Gasteiger partial charge in [0.2, 0.25) is 0 Å². The van der Waals surface area contributed by atoms with Crippen LogP contribution in [0.1, 0.15) is 51.9 Å². The van der Waals surface area contributed by atoms with E-state index < -0.39 is 0 Å². The first-order valence-electron chi connectivity index (χ1n) is 7.55. The molecule has 0 aromatic carbocycles. The van der Waals surface area contributed by atoms with Gasteiger partial charge < -0.3 is 10.8 Å². The zero-order valence-electron chi connectivity index (χ0n) is 11.1. The van der Waals surface area contributed by atoms with Gasteiger partial charge in [0.05, 0.1) is 6.10 Å². The average Bonchev–Trinajstić information content (AvgIpc) is 2.28. The maximum Gasteiger partial charge on any atom is 0.0636 e. The molecule has 2 unspecified atom stereocenters. The SMILES string of the molecule is CCC(CN)C(O)C12CC3CC(CC(C3)C1)C2. The summed E-state index contributed by atoms with van der Waals surface area (Å²) in [5.74, 6) is 3.09. The monoisotopic (exact) mass is 237 g/mol. The predicted molar refractivity (Wildman–Crippen MR) is 69.4 cm³/mol. The predicted octanol–water partition coefficient (Wildman–Crippen LogP) is 2.55. The second-order valence-electron chi connectivity index (χ2n) is 7.13. The molecule has 4 fully saturated rings. The van der Waals surface area contributed by atoms with Crippen molar-refractivity contribution < 1.29 is 5.11 Å². The van der Waals surface area contributed by atoms with Crippen molar-refractivity contribution in [3.05, 3.63) is 0 Å². The van der Waals surface area contributed by atoms with E-state index in [-0.39, 0.29) is 11.5 Å². The molecule has 4 saturated carbocycles. The van der Waals surface area contributed by atoms with Crippen molar-refractivity contribution in [3.63, 3.8) is 0 Å². The third-order valence-electron chi connectivity index (χ3n) is 5.99. The van der Waals surface area contributed by atoms with Gasteiger partial charge in [-0.15, -0.1) is 0 Å². The van der Waals surface area contributed by atoms with E-state index in [9.17, 15) is 5.11 Å². The van der Waals surface area contributed by atoms with Gasteiger partial charge in [-0.3, -0.25) is 0 Å². The minimum Gasteiger partial charge on any atom is -0.392 e. The Kier molecular flexibility index (Phi) is 2.99. The lowest BCUT2D eigenvalue weighted by Crippen LogP contribution is -2.54. The first kappa shape index (κ1) is 12.0. The molecule has 0 heterocycles. The Balaban J connectivity index is 1.81. The number of aliphatic hydroxyl groups excluding tert-OH is 1. The van der Waals surface area contributed by atoms with Gasteiger partial charge in [0, 0.05) is 0 Å². The third kappa shape index (κ3) is 1.84. The molecule has 0 amide bonds. The Morgan fingerprint density at radius 1 is 1.12 bits per heavy atom. The van der Waals surface area contributed by atoms with E-state index in [1.54, 1.807) is 0 Å². The fourth-order valence-electron chi connectivity index (χ4n) is 5.56. The summed E-state index contributed by atoms with van der Waals surface area (Å²) in [5, 5.41) is 10.8. The van der Waals surface area contributed by atoms with Crippen molar-refractivity contribution in [2.75, 3.05) is 6.54 Å². The van der Waals surface area contributed by atoms with Gasteiger partial charge in [-0.05, 0) is 80.6 Å². The molecule has 2 heteroatoms. The molecule has 4 rings (SSSR count). The van der Waals surface area contributed by atoms with Crippen molar-refractivity contribution in [1.29, 1.82) is 0 Å². The molecule has 3 N–H and O–H groups in total. The molecule has 0 aliphatic heterocycles. The highest BCUT2D eigenvalue weighted by atomic mass is 16.3. The van der Waals surface area contributed by atoms with Crippen LogP contribution in [0.3, 0.4) is 0 Å². The van der Waals surface area contributed by atoms with Gasteiger partial charge in [-0.1, -0.05) is 6.92 Å². The largest absolute Gasteiger partial charge is 0.392 e. The van der Waals surface area contributed by atoms with Crippen LogP contribution < -0.4 is 5.73 Å². The van der Waals surface area contributed by atoms with Crippen LogP contribution in [0.2, 0.25) is 0 Å². The lowest BCUT2D eigenvalue weighted by atomic mass is 9.47. The molecule has 4 aliphatic rings. The lowest BCUT2D eigenvalue weighted by Gasteiger charge is -2.59. The molecule has 0 spiro atoms. The van der Waals surface area contributed by atoms with E-state index in [4.69, 9.17) is 5.73 Å². The van der Waals surface area contributed by atoms with Crippen LogP contribution in [0.4, 0.5) is 0 Å². The van der Waals surface area contributed by atoms with Crippen LogP contribution in [-0.4, -0.2) is 17.8 Å². The van der Waals surface area contributed by atoms with Crippen molar-refractivity contribution >= 4 is 0 Å². The normalized spacial score (nSPS) is 47.1. The Morgan fingerprint density at radius 3 is 1.94 bits per heavy atom. The molecular formula is C15H27NO. The van der Waals surface area contributed by atoms with Crippen molar-refractivity contribution in [1.82, 2.24) is 0 Å². The fraction of sp³-hybridized carbons (Fsp3) is 1.00. The van der Waals surface area contributed by atoms with Crippen molar-refractivity contribution in [3.8, 4) is 0 Å². The van der Waals surface area contributed by atoms with Gasteiger partial charge in [0.15, 0.2) is 0 Å². The molecule has 17 heavy (non-hydrogen) atoms. The average molecular weight is 237 g/mol. The van der Waals surface area contributed by atoms with E-state index in [0.717, 1.165) is 24.2 Å². The van der Waals surface area contributed by atoms with E-state index in [1.807, 2.05) is 0 Å². The smallest absolute Gasteiger partial charge is 0.0636 e. The highest BCUT2D eigenvalue weighted by molar-refractivity contribution is 5.05. The molecule has 4 aliphatic carbocycles. The van der Waals surface area contributed by atoms with Crippen LogP contribution >= 0.6 is 0 Å². The quantitative estimate of drug-likeness (QED) is 0.789. The second-order valence-corrected chi connectivity index (χ2v) is 7.13. The number of hydrogen-bond donors (Lipinski definition) is 2. The van der Waals surface area contributed by atoms with Gasteiger partial charge >= 0.3 is 0 Å². The van der Waals surface area contributed by atoms with Crippen molar-refractivity contribution in [2.24, 2.45) is 34.8 Å². The highest BCUT2D eigenvalue weighted by Gasteiger charge is 2.54. The van der Waals surface area contributed by atoms with Gasteiger partial charge in [-0.25, -0.2) is 0 Å². The summed E-state index contributed by atoms with van der Waals surface area (Å²) < 4.78 is 0. The third-order valence-corrected chi connectivity index (χ3v) is 5.99. The molecule has 0 radical (unpaired) electrons. The number of rotatable bonds is 4. The molecule has 0 aromatic rings. The van der Waals surface area contributed by atoms with Gasteiger partial charge in [0.25, 0.3) is 0 Å². The van der Waals surface area contributed by atoms with E-state index in [2.05, 4.69) is 6.92 Å². The first-order valence-corrected chi connectivity index (χ1v) is 7.55. The summed E-state index contributed by atoms with van der Waals surface area (Å²) in [4.78, 5) is 0. The molecule has 4 bridgehead atoms. The van der Waals surface area contributed by atoms with Crippen LogP contribution in [0.5, 0.6) is 0 Å². The summed E-state index contributed by atoms with van der Waals surface area (Å²) in [6, 6.07) is 0. The summed E-state index contributed by atoms with van der Waals surface area (Å²) in [5.41, 5.74) is 6.10. The summed E-state index contributed by atoms with van der Waals surface area (Å²) in [6.07, 6.45) is 9.11. The Labute approximate surface area is 105 Å². The molecular weight excluding hydrogens is 210 g/mol. The number of aliphatic hydroxyl groups is 1. The van der Waals surface area contributed by atoms with E-state index in [1.165, 1.54) is 38.5 Å². The van der Waals surface area contributed by atoms with Crippen molar-refractivity contribution in [2.45, 2.75) is 58.0 Å². The van der Waals surface area contributed by atoms with Crippen LogP contribution in [0.25, 0.3) is 0 Å². The maximum absolute atomic E-state index is 10.8. The Morgan fingerprint density at radius 2 is 1.59 bits per heavy atom. The zero-order chi connectivity index (χ0) is 12.0. The summed E-state index contributed by atoms with van der Waals surface area (Å²) in [7, 11) is 0. The maximum atomic E-state index is 10.8.